The first-order valence-electron chi connectivity index (χ1n) is 11.4. The van der Waals surface area contributed by atoms with E-state index < -0.39 is 0 Å². The molecule has 1 saturated heterocycles. The molecule has 2 N–H and O–H groups in total. The van der Waals surface area contributed by atoms with Gasteiger partial charge in [-0.25, -0.2) is 4.98 Å². The molecule has 1 aliphatic heterocycles. The quantitative estimate of drug-likeness (QED) is 0.378. The van der Waals surface area contributed by atoms with Gasteiger partial charge in [-0.05, 0) is 55.2 Å². The third kappa shape index (κ3) is 6.52. The van der Waals surface area contributed by atoms with Crippen molar-refractivity contribution in [3.63, 3.8) is 0 Å². The summed E-state index contributed by atoms with van der Waals surface area (Å²) in [5.74, 6) is 0.266. The van der Waals surface area contributed by atoms with Crippen LogP contribution in [0, 0.1) is 11.3 Å². The molecule has 5 nitrogen and oxygen atoms in total. The Balaban J connectivity index is 1.82. The largest absolute Gasteiger partial charge is 0.347 e. The molecular weight excluding hydrogens is 406 g/mol. The number of rotatable bonds is 10. The van der Waals surface area contributed by atoms with E-state index >= 15 is 0 Å². The van der Waals surface area contributed by atoms with Gasteiger partial charge in [0.15, 0.2) is 0 Å². The predicted octanol–water partition coefficient (Wildman–Crippen LogP) is 5.50. The first kappa shape index (κ1) is 23.7. The van der Waals surface area contributed by atoms with Gasteiger partial charge >= 0.3 is 0 Å². The average Bonchev–Trinajstić information content (AvgIpc) is 3.28. The zero-order valence-corrected chi connectivity index (χ0v) is 19.8. The van der Waals surface area contributed by atoms with Gasteiger partial charge < -0.3 is 10.4 Å². The molecule has 0 aliphatic carbocycles. The van der Waals surface area contributed by atoms with E-state index in [-0.39, 0.29) is 12.0 Å². The van der Waals surface area contributed by atoms with Gasteiger partial charge in [-0.2, -0.15) is 0 Å². The maximum absolute atomic E-state index is 7.54. The van der Waals surface area contributed by atoms with Gasteiger partial charge in [-0.3, -0.25) is 9.80 Å². The van der Waals surface area contributed by atoms with E-state index in [0.29, 0.717) is 0 Å². The minimum atomic E-state index is 0.256. The molecule has 2 heterocycles. The van der Waals surface area contributed by atoms with Crippen LogP contribution in [0.4, 0.5) is 0 Å². The van der Waals surface area contributed by atoms with Gasteiger partial charge in [0.2, 0.25) is 0 Å². The molecule has 0 spiro atoms. The Morgan fingerprint density at radius 3 is 2.71 bits per heavy atom. The molecule has 2 atom stereocenters. The summed E-state index contributed by atoms with van der Waals surface area (Å²) in [5.41, 5.74) is 5.28. The van der Waals surface area contributed by atoms with Crippen LogP contribution in [0.5, 0.6) is 0 Å². The van der Waals surface area contributed by atoms with Crippen molar-refractivity contribution in [2.24, 2.45) is 5.92 Å². The number of hydrogen-bond acceptors (Lipinski definition) is 4. The average molecular weight is 442 g/mol. The summed E-state index contributed by atoms with van der Waals surface area (Å²) in [7, 11) is 0. The SMILES string of the molecule is CCCc1cc(Cl)ccc1C(/C(C)=C/CC(C)C=N)N1CCN(Cc2cnc[nH]2)CC1. The van der Waals surface area contributed by atoms with E-state index in [1.807, 2.05) is 12.3 Å². The van der Waals surface area contributed by atoms with Crippen LogP contribution in [-0.4, -0.2) is 52.2 Å². The molecule has 6 heteroatoms. The second-order valence-corrected chi connectivity index (χ2v) is 9.15. The number of H-pyrrole nitrogens is 1. The molecule has 2 unspecified atom stereocenters. The number of aromatic nitrogens is 2. The number of nitrogens with zero attached hydrogens (tertiary/aromatic N) is 3. The molecule has 0 radical (unpaired) electrons. The number of hydrogen-bond donors (Lipinski definition) is 2. The third-order valence-corrected chi connectivity index (χ3v) is 6.40. The first-order valence-corrected chi connectivity index (χ1v) is 11.8. The summed E-state index contributed by atoms with van der Waals surface area (Å²) in [6.45, 7) is 11.6. The van der Waals surface area contributed by atoms with Crippen LogP contribution in [0.2, 0.25) is 5.02 Å². The van der Waals surface area contributed by atoms with Crippen molar-refractivity contribution in [3.8, 4) is 0 Å². The summed E-state index contributed by atoms with van der Waals surface area (Å²) >= 11 is 6.36. The first-order chi connectivity index (χ1) is 15.0. The van der Waals surface area contributed by atoms with Gasteiger partial charge in [0, 0.05) is 49.6 Å². The van der Waals surface area contributed by atoms with Crippen molar-refractivity contribution >= 4 is 17.8 Å². The lowest BCUT2D eigenvalue weighted by Gasteiger charge is -2.40. The van der Waals surface area contributed by atoms with Gasteiger partial charge in [-0.1, -0.05) is 49.6 Å². The van der Waals surface area contributed by atoms with E-state index in [9.17, 15) is 0 Å². The molecule has 168 valence electrons. The Kier molecular flexibility index (Phi) is 8.88. The van der Waals surface area contributed by atoms with Crippen molar-refractivity contribution in [2.75, 3.05) is 26.2 Å². The Hall–Kier alpha value is -1.95. The summed E-state index contributed by atoms with van der Waals surface area (Å²) in [5, 5.41) is 8.36. The molecule has 0 amide bonds. The summed E-state index contributed by atoms with van der Waals surface area (Å²) in [6, 6.07) is 6.67. The zero-order valence-electron chi connectivity index (χ0n) is 19.1. The Morgan fingerprint density at radius 2 is 2.06 bits per heavy atom. The van der Waals surface area contributed by atoms with E-state index in [0.717, 1.165) is 57.0 Å². The Morgan fingerprint density at radius 1 is 1.29 bits per heavy atom. The predicted molar refractivity (Wildman–Crippen MR) is 130 cm³/mol. The number of allylic oxidation sites excluding steroid dienone is 1. The molecule has 31 heavy (non-hydrogen) atoms. The number of halogens is 1. The number of aryl methyl sites for hydroxylation is 1. The van der Waals surface area contributed by atoms with Gasteiger partial charge in [0.1, 0.15) is 0 Å². The fourth-order valence-corrected chi connectivity index (χ4v) is 4.59. The van der Waals surface area contributed by atoms with Gasteiger partial charge in [0.05, 0.1) is 12.4 Å². The Bertz CT molecular complexity index is 853. The van der Waals surface area contributed by atoms with E-state index in [1.54, 1.807) is 6.33 Å². The number of aromatic amines is 1. The van der Waals surface area contributed by atoms with Crippen LogP contribution in [-0.2, 0) is 13.0 Å². The van der Waals surface area contributed by atoms with Crippen LogP contribution in [0.1, 0.15) is 56.5 Å². The maximum Gasteiger partial charge on any atom is 0.0922 e. The number of imidazole rings is 1. The highest BCUT2D eigenvalue weighted by Crippen LogP contribution is 2.34. The highest BCUT2D eigenvalue weighted by molar-refractivity contribution is 6.30. The van der Waals surface area contributed by atoms with Crippen LogP contribution in [0.3, 0.4) is 0 Å². The molecule has 3 rings (SSSR count). The topological polar surface area (TPSA) is 59.0 Å². The minimum absolute atomic E-state index is 0.256. The van der Waals surface area contributed by atoms with Crippen LogP contribution in [0.25, 0.3) is 0 Å². The minimum Gasteiger partial charge on any atom is -0.347 e. The van der Waals surface area contributed by atoms with Crippen LogP contribution < -0.4 is 0 Å². The van der Waals surface area contributed by atoms with Crippen LogP contribution >= 0.6 is 11.6 Å². The molecule has 1 aromatic carbocycles. The molecule has 2 aromatic rings. The molecular formula is C25H36ClN5. The van der Waals surface area contributed by atoms with Gasteiger partial charge in [-0.15, -0.1) is 0 Å². The standard InChI is InChI=1S/C25H36ClN5/c1-4-5-21-14-22(26)8-9-24(21)25(20(3)7-6-19(2)15-27)31-12-10-30(11-13-31)17-23-16-28-18-29-23/h7-9,14-16,18-19,25,27H,4-6,10-13,17H2,1-3H3,(H,28,29)/b20-7+,27-15?. The van der Waals surface area contributed by atoms with E-state index in [2.05, 4.69) is 58.7 Å². The van der Waals surface area contributed by atoms with Gasteiger partial charge in [0.25, 0.3) is 0 Å². The van der Waals surface area contributed by atoms with E-state index in [1.165, 1.54) is 28.6 Å². The van der Waals surface area contributed by atoms with Crippen molar-refractivity contribution < 1.29 is 0 Å². The van der Waals surface area contributed by atoms with Crippen molar-refractivity contribution in [2.45, 2.75) is 52.6 Å². The summed E-state index contributed by atoms with van der Waals surface area (Å²) < 4.78 is 0. The molecule has 0 saturated carbocycles. The normalized spacial score (nSPS) is 18.1. The van der Waals surface area contributed by atoms with Crippen molar-refractivity contribution in [1.29, 1.82) is 5.41 Å². The fourth-order valence-electron chi connectivity index (χ4n) is 4.40. The number of benzene rings is 1. The highest BCUT2D eigenvalue weighted by atomic mass is 35.5. The van der Waals surface area contributed by atoms with Crippen LogP contribution in [0.15, 0.2) is 42.4 Å². The Labute approximate surface area is 192 Å². The lowest BCUT2D eigenvalue weighted by molar-refractivity contribution is 0.102. The third-order valence-electron chi connectivity index (χ3n) is 6.17. The smallest absolute Gasteiger partial charge is 0.0922 e. The molecule has 1 aliphatic rings. The zero-order chi connectivity index (χ0) is 22.2. The van der Waals surface area contributed by atoms with Crippen molar-refractivity contribution in [1.82, 2.24) is 19.8 Å². The fraction of sp³-hybridized carbons (Fsp3) is 0.520. The number of piperazine rings is 1. The highest BCUT2D eigenvalue weighted by Gasteiger charge is 2.28. The molecule has 0 bridgehead atoms. The monoisotopic (exact) mass is 441 g/mol. The maximum atomic E-state index is 7.54. The lowest BCUT2D eigenvalue weighted by Crippen LogP contribution is -2.47. The van der Waals surface area contributed by atoms with E-state index in [4.69, 9.17) is 17.0 Å². The number of nitrogens with one attached hydrogen (secondary N) is 2. The second-order valence-electron chi connectivity index (χ2n) is 8.71. The van der Waals surface area contributed by atoms with Crippen molar-refractivity contribution in [3.05, 3.63) is 64.2 Å². The lowest BCUT2D eigenvalue weighted by atomic mass is 9.90. The summed E-state index contributed by atoms with van der Waals surface area (Å²) in [6.07, 6.45) is 10.6. The molecule has 1 aromatic heterocycles. The molecule has 1 fully saturated rings. The summed E-state index contributed by atoms with van der Waals surface area (Å²) in [4.78, 5) is 12.5. The second kappa shape index (κ2) is 11.6.